The van der Waals surface area contributed by atoms with Crippen LogP contribution in [0, 0.1) is 0 Å². The number of aromatic nitrogens is 1. The summed E-state index contributed by atoms with van der Waals surface area (Å²) in [6.45, 7) is 4.59. The summed E-state index contributed by atoms with van der Waals surface area (Å²) in [7, 11) is 1.56. The van der Waals surface area contributed by atoms with Crippen LogP contribution in [0.4, 0.5) is 16.2 Å². The molecule has 1 saturated heterocycles. The number of ether oxygens (including phenoxy) is 2. The molecule has 2 amide bonds. The number of para-hydroxylation sites is 2. The first-order valence-corrected chi connectivity index (χ1v) is 9.18. The molecule has 1 aromatic carbocycles. The van der Waals surface area contributed by atoms with Crippen LogP contribution in [0.1, 0.15) is 17.3 Å². The summed E-state index contributed by atoms with van der Waals surface area (Å²) in [4.78, 5) is 32.5. The second kappa shape index (κ2) is 9.07. The Bertz CT molecular complexity index is 834. The number of hydrogen-bond acceptors (Lipinski definition) is 6. The van der Waals surface area contributed by atoms with Crippen LogP contribution in [0.2, 0.25) is 0 Å². The highest BCUT2D eigenvalue weighted by Gasteiger charge is 2.22. The van der Waals surface area contributed by atoms with Crippen LogP contribution in [-0.2, 0) is 4.74 Å². The van der Waals surface area contributed by atoms with Gasteiger partial charge in [0.2, 0.25) is 0 Å². The number of amides is 2. The van der Waals surface area contributed by atoms with Crippen LogP contribution in [0.15, 0.2) is 42.7 Å². The van der Waals surface area contributed by atoms with E-state index in [0.717, 1.165) is 5.69 Å². The van der Waals surface area contributed by atoms with E-state index in [4.69, 9.17) is 9.47 Å². The highest BCUT2D eigenvalue weighted by atomic mass is 16.6. The minimum atomic E-state index is -0.287. The van der Waals surface area contributed by atoms with Crippen molar-refractivity contribution in [2.45, 2.75) is 6.92 Å². The van der Waals surface area contributed by atoms with E-state index in [1.54, 1.807) is 43.3 Å². The van der Waals surface area contributed by atoms with E-state index in [1.807, 2.05) is 12.1 Å². The predicted octanol–water partition coefficient (Wildman–Crippen LogP) is 2.62. The molecule has 1 fully saturated rings. The van der Waals surface area contributed by atoms with Crippen molar-refractivity contribution < 1.29 is 19.1 Å². The highest BCUT2D eigenvalue weighted by Crippen LogP contribution is 2.24. The third-order valence-corrected chi connectivity index (χ3v) is 4.51. The smallest absolute Gasteiger partial charge is 0.409 e. The van der Waals surface area contributed by atoms with Gasteiger partial charge in [0.25, 0.3) is 5.91 Å². The van der Waals surface area contributed by atoms with Gasteiger partial charge in [0.1, 0.15) is 5.75 Å². The lowest BCUT2D eigenvalue weighted by Crippen LogP contribution is -2.49. The second-order valence-electron chi connectivity index (χ2n) is 6.26. The standard InChI is InChI=1S/C20H24N4O4/c1-3-28-20(26)24-10-8-23(9-11-24)16-12-15(13-21-14-16)19(25)22-17-6-4-5-7-18(17)27-2/h4-7,12-14H,3,8-11H2,1-2H3,(H,22,25). The topological polar surface area (TPSA) is 84.0 Å². The molecule has 2 heterocycles. The molecule has 3 rings (SSSR count). The molecule has 0 bridgehead atoms. The van der Waals surface area contributed by atoms with Crippen LogP contribution < -0.4 is 15.0 Å². The number of nitrogens with one attached hydrogen (secondary N) is 1. The highest BCUT2D eigenvalue weighted by molar-refractivity contribution is 6.05. The van der Waals surface area contributed by atoms with Crippen LogP contribution in [-0.4, -0.2) is 61.8 Å². The lowest BCUT2D eigenvalue weighted by molar-refractivity contribution is 0.102. The molecule has 1 aromatic heterocycles. The molecule has 0 spiro atoms. The summed E-state index contributed by atoms with van der Waals surface area (Å²) in [6.07, 6.45) is 2.97. The van der Waals surface area contributed by atoms with Gasteiger partial charge < -0.3 is 24.6 Å². The van der Waals surface area contributed by atoms with E-state index in [0.29, 0.717) is 49.8 Å². The van der Waals surface area contributed by atoms with Crippen molar-refractivity contribution in [2.75, 3.05) is 50.1 Å². The minimum absolute atomic E-state index is 0.260. The molecule has 148 valence electrons. The maximum atomic E-state index is 12.6. The Labute approximate surface area is 164 Å². The second-order valence-corrected chi connectivity index (χ2v) is 6.26. The summed E-state index contributed by atoms with van der Waals surface area (Å²) < 4.78 is 10.3. The van der Waals surface area contributed by atoms with E-state index in [-0.39, 0.29) is 12.0 Å². The summed E-state index contributed by atoms with van der Waals surface area (Å²) >= 11 is 0. The molecule has 1 aliphatic rings. The Kier molecular flexibility index (Phi) is 6.31. The van der Waals surface area contributed by atoms with Gasteiger partial charge >= 0.3 is 6.09 Å². The van der Waals surface area contributed by atoms with Gasteiger partial charge in [-0.2, -0.15) is 0 Å². The molecule has 8 heteroatoms. The molecule has 1 N–H and O–H groups in total. The van der Waals surface area contributed by atoms with Crippen LogP contribution in [0.5, 0.6) is 5.75 Å². The van der Waals surface area contributed by atoms with Crippen molar-refractivity contribution in [2.24, 2.45) is 0 Å². The average molecular weight is 384 g/mol. The minimum Gasteiger partial charge on any atom is -0.495 e. The number of pyridine rings is 1. The van der Waals surface area contributed by atoms with Gasteiger partial charge in [0, 0.05) is 32.4 Å². The van der Waals surface area contributed by atoms with E-state index >= 15 is 0 Å². The molecule has 0 radical (unpaired) electrons. The van der Waals surface area contributed by atoms with E-state index < -0.39 is 0 Å². The van der Waals surface area contributed by atoms with Gasteiger partial charge in [-0.1, -0.05) is 12.1 Å². The Morgan fingerprint density at radius 3 is 2.61 bits per heavy atom. The molecule has 2 aromatic rings. The number of nitrogens with zero attached hydrogens (tertiary/aromatic N) is 3. The average Bonchev–Trinajstić information content (AvgIpc) is 2.74. The first kappa shape index (κ1) is 19.5. The molecule has 1 aliphatic heterocycles. The van der Waals surface area contributed by atoms with Crippen molar-refractivity contribution in [3.8, 4) is 5.75 Å². The summed E-state index contributed by atoms with van der Waals surface area (Å²) in [6, 6.07) is 9.04. The molecular weight excluding hydrogens is 360 g/mol. The summed E-state index contributed by atoms with van der Waals surface area (Å²) in [5, 5.41) is 2.85. The number of piperazine rings is 1. The van der Waals surface area contributed by atoms with Crippen molar-refractivity contribution in [1.29, 1.82) is 0 Å². The fraction of sp³-hybridized carbons (Fsp3) is 0.350. The van der Waals surface area contributed by atoms with Crippen LogP contribution >= 0.6 is 0 Å². The summed E-state index contributed by atoms with van der Waals surface area (Å²) in [5.41, 5.74) is 1.90. The number of rotatable bonds is 5. The Balaban J connectivity index is 1.66. The molecule has 8 nitrogen and oxygen atoms in total. The third kappa shape index (κ3) is 4.51. The Hall–Kier alpha value is -3.29. The van der Waals surface area contributed by atoms with Crippen molar-refractivity contribution >= 4 is 23.4 Å². The zero-order chi connectivity index (χ0) is 19.9. The number of hydrogen-bond donors (Lipinski definition) is 1. The van der Waals surface area contributed by atoms with Gasteiger partial charge in [-0.25, -0.2) is 4.79 Å². The fourth-order valence-electron chi connectivity index (χ4n) is 3.03. The number of carbonyl (C=O) groups excluding carboxylic acids is 2. The number of benzene rings is 1. The predicted molar refractivity (Wildman–Crippen MR) is 106 cm³/mol. The van der Waals surface area contributed by atoms with Gasteiger partial charge in [-0.15, -0.1) is 0 Å². The van der Waals surface area contributed by atoms with E-state index in [9.17, 15) is 9.59 Å². The number of anilines is 2. The third-order valence-electron chi connectivity index (χ3n) is 4.51. The number of methoxy groups -OCH3 is 1. The molecule has 28 heavy (non-hydrogen) atoms. The maximum absolute atomic E-state index is 12.6. The van der Waals surface area contributed by atoms with Crippen LogP contribution in [0.3, 0.4) is 0 Å². The van der Waals surface area contributed by atoms with Gasteiger partial charge in [-0.05, 0) is 25.1 Å². The van der Waals surface area contributed by atoms with Crippen molar-refractivity contribution in [3.05, 3.63) is 48.3 Å². The van der Waals surface area contributed by atoms with E-state index in [1.165, 1.54) is 6.20 Å². The van der Waals surface area contributed by atoms with Gasteiger partial charge in [0.05, 0.1) is 36.9 Å². The zero-order valence-electron chi connectivity index (χ0n) is 16.1. The molecular formula is C20H24N4O4. The van der Waals surface area contributed by atoms with Crippen LogP contribution in [0.25, 0.3) is 0 Å². The summed E-state index contributed by atoms with van der Waals surface area (Å²) in [5.74, 6) is 0.332. The number of carbonyl (C=O) groups is 2. The van der Waals surface area contributed by atoms with Crippen molar-refractivity contribution in [1.82, 2.24) is 9.88 Å². The molecule has 0 aliphatic carbocycles. The molecule has 0 saturated carbocycles. The molecule has 0 atom stereocenters. The first-order valence-electron chi connectivity index (χ1n) is 9.18. The largest absolute Gasteiger partial charge is 0.495 e. The monoisotopic (exact) mass is 384 g/mol. The zero-order valence-corrected chi connectivity index (χ0v) is 16.1. The van der Waals surface area contributed by atoms with E-state index in [2.05, 4.69) is 15.2 Å². The SMILES string of the molecule is CCOC(=O)N1CCN(c2cncc(C(=O)Nc3ccccc3OC)c2)CC1. The lowest BCUT2D eigenvalue weighted by atomic mass is 10.2. The quantitative estimate of drug-likeness (QED) is 0.853. The Morgan fingerprint density at radius 1 is 1.14 bits per heavy atom. The molecule has 0 unspecified atom stereocenters. The lowest BCUT2D eigenvalue weighted by Gasteiger charge is -2.35. The Morgan fingerprint density at radius 2 is 1.89 bits per heavy atom. The maximum Gasteiger partial charge on any atom is 0.409 e. The fourth-order valence-corrected chi connectivity index (χ4v) is 3.03. The van der Waals surface area contributed by atoms with Crippen molar-refractivity contribution in [3.63, 3.8) is 0 Å². The van der Waals surface area contributed by atoms with Gasteiger partial charge in [-0.3, -0.25) is 9.78 Å². The normalized spacial score (nSPS) is 13.8. The van der Waals surface area contributed by atoms with Gasteiger partial charge in [0.15, 0.2) is 0 Å². The first-order chi connectivity index (χ1) is 13.6.